The lowest BCUT2D eigenvalue weighted by atomic mass is 9.86. The molecule has 2 aromatic rings. The molecular weight excluding hydrogens is 362 g/mol. The molecule has 1 aliphatic carbocycles. The quantitative estimate of drug-likeness (QED) is 0.739. The Labute approximate surface area is 163 Å². The summed E-state index contributed by atoms with van der Waals surface area (Å²) < 4.78 is 6.79. The molecule has 9 heteroatoms. The Bertz CT molecular complexity index is 829. The van der Waals surface area contributed by atoms with E-state index < -0.39 is 12.0 Å². The lowest BCUT2D eigenvalue weighted by Crippen LogP contribution is -2.43. The summed E-state index contributed by atoms with van der Waals surface area (Å²) in [4.78, 5) is 24.2. The Hall–Kier alpha value is -2.97. The van der Waals surface area contributed by atoms with Gasteiger partial charge in [0.05, 0.1) is 13.0 Å². The second-order valence-corrected chi connectivity index (χ2v) is 7.14. The Morgan fingerprint density at radius 3 is 2.68 bits per heavy atom. The van der Waals surface area contributed by atoms with E-state index in [2.05, 4.69) is 20.8 Å². The van der Waals surface area contributed by atoms with Gasteiger partial charge < -0.3 is 15.2 Å². The van der Waals surface area contributed by atoms with Gasteiger partial charge >= 0.3 is 5.97 Å². The summed E-state index contributed by atoms with van der Waals surface area (Å²) in [6.07, 6.45) is 2.88. The number of carbonyl (C=O) groups is 2. The highest BCUT2D eigenvalue weighted by molar-refractivity contribution is 5.81. The minimum absolute atomic E-state index is 0.0345. The van der Waals surface area contributed by atoms with E-state index in [-0.39, 0.29) is 17.9 Å². The van der Waals surface area contributed by atoms with Crippen LogP contribution in [0.4, 0.5) is 0 Å². The van der Waals surface area contributed by atoms with Crippen LogP contribution < -0.4 is 10.1 Å². The van der Waals surface area contributed by atoms with Gasteiger partial charge in [0.2, 0.25) is 5.91 Å². The van der Waals surface area contributed by atoms with Gasteiger partial charge in [-0.15, -0.1) is 5.10 Å². The molecule has 1 aromatic carbocycles. The van der Waals surface area contributed by atoms with Crippen molar-refractivity contribution in [3.05, 3.63) is 35.7 Å². The molecule has 3 rings (SSSR count). The highest BCUT2D eigenvalue weighted by atomic mass is 16.5. The van der Waals surface area contributed by atoms with E-state index in [4.69, 9.17) is 9.84 Å². The van der Waals surface area contributed by atoms with Gasteiger partial charge in [-0.1, -0.05) is 12.1 Å². The number of tetrazole rings is 1. The number of carboxylic acids is 1. The molecule has 28 heavy (non-hydrogen) atoms. The number of hydrogen-bond donors (Lipinski definition) is 2. The van der Waals surface area contributed by atoms with Crippen LogP contribution in [0.5, 0.6) is 5.75 Å². The lowest BCUT2D eigenvalue weighted by Gasteiger charge is -2.28. The van der Waals surface area contributed by atoms with Crippen molar-refractivity contribution in [2.24, 2.45) is 5.92 Å². The van der Waals surface area contributed by atoms with Gasteiger partial charge in [-0.05, 0) is 60.7 Å². The molecule has 1 fully saturated rings. The average Bonchev–Trinajstić information content (AvgIpc) is 3.12. The Balaban J connectivity index is 1.73. The molecular formula is C19H25N5O4. The van der Waals surface area contributed by atoms with Crippen LogP contribution in [0.3, 0.4) is 0 Å². The Kier molecular flexibility index (Phi) is 6.23. The minimum Gasteiger partial charge on any atom is -0.497 e. The fraction of sp³-hybridized carbons (Fsp3) is 0.526. The smallest absolute Gasteiger partial charge is 0.306 e. The van der Waals surface area contributed by atoms with Crippen molar-refractivity contribution in [2.75, 3.05) is 7.11 Å². The molecule has 1 atom stereocenters. The number of aromatic nitrogens is 4. The average molecular weight is 387 g/mol. The first-order valence-electron chi connectivity index (χ1n) is 9.38. The van der Waals surface area contributed by atoms with Crippen molar-refractivity contribution in [3.63, 3.8) is 0 Å². The van der Waals surface area contributed by atoms with Gasteiger partial charge in [-0.3, -0.25) is 9.59 Å². The predicted molar refractivity (Wildman–Crippen MR) is 99.8 cm³/mol. The maximum Gasteiger partial charge on any atom is 0.306 e. The van der Waals surface area contributed by atoms with Crippen molar-refractivity contribution in [3.8, 4) is 5.75 Å². The van der Waals surface area contributed by atoms with Gasteiger partial charge in [0.25, 0.3) is 0 Å². The standard InChI is InChI=1S/C19H25N5O4/c1-12-21-22-23-24(12)17(11-13-4-3-5-16(10-13)28-2)18(25)20-15-8-6-14(7-9-15)19(26)27/h3-5,10,14-15,17H,6-9,11H2,1-2H3,(H,20,25)(H,26,27). The van der Waals surface area contributed by atoms with Crippen molar-refractivity contribution in [1.82, 2.24) is 25.5 Å². The van der Waals surface area contributed by atoms with Gasteiger partial charge in [0.15, 0.2) is 0 Å². The molecule has 0 bridgehead atoms. The maximum atomic E-state index is 13.1. The van der Waals surface area contributed by atoms with Crippen molar-refractivity contribution < 1.29 is 19.4 Å². The topological polar surface area (TPSA) is 119 Å². The largest absolute Gasteiger partial charge is 0.497 e. The maximum absolute atomic E-state index is 13.1. The third-order valence-corrected chi connectivity index (χ3v) is 5.24. The monoisotopic (exact) mass is 387 g/mol. The van der Waals surface area contributed by atoms with Crippen LogP contribution in [0.1, 0.15) is 43.1 Å². The van der Waals surface area contributed by atoms with Crippen molar-refractivity contribution in [2.45, 2.75) is 51.1 Å². The molecule has 0 radical (unpaired) electrons. The molecule has 150 valence electrons. The first-order chi connectivity index (χ1) is 13.5. The van der Waals surface area contributed by atoms with Crippen LogP contribution in [0.2, 0.25) is 0 Å². The van der Waals surface area contributed by atoms with E-state index >= 15 is 0 Å². The molecule has 1 amide bonds. The molecule has 0 spiro atoms. The summed E-state index contributed by atoms with van der Waals surface area (Å²) in [7, 11) is 1.60. The molecule has 1 saturated carbocycles. The summed E-state index contributed by atoms with van der Waals surface area (Å²) in [5.41, 5.74) is 0.934. The second kappa shape index (κ2) is 8.81. The van der Waals surface area contributed by atoms with Crippen LogP contribution >= 0.6 is 0 Å². The van der Waals surface area contributed by atoms with E-state index in [1.165, 1.54) is 4.68 Å². The molecule has 0 aliphatic heterocycles. The SMILES string of the molecule is COc1cccc(CC(C(=O)NC2CCC(C(=O)O)CC2)n2nnnc2C)c1. The van der Waals surface area contributed by atoms with E-state index in [9.17, 15) is 9.59 Å². The number of benzene rings is 1. The number of amides is 1. The number of aryl methyl sites for hydroxylation is 1. The number of nitrogens with one attached hydrogen (secondary N) is 1. The van der Waals surface area contributed by atoms with E-state index in [1.54, 1.807) is 14.0 Å². The van der Waals surface area contributed by atoms with Crippen LogP contribution in [-0.2, 0) is 16.0 Å². The molecule has 1 aromatic heterocycles. The van der Waals surface area contributed by atoms with Gasteiger partial charge in [0.1, 0.15) is 17.6 Å². The summed E-state index contributed by atoms with van der Waals surface area (Å²) in [6, 6.07) is 6.91. The molecule has 2 N–H and O–H groups in total. The van der Waals surface area contributed by atoms with E-state index in [0.717, 1.165) is 11.3 Å². The molecule has 9 nitrogen and oxygen atoms in total. The lowest BCUT2D eigenvalue weighted by molar-refractivity contribution is -0.142. The third kappa shape index (κ3) is 4.65. The first-order valence-corrected chi connectivity index (χ1v) is 9.38. The zero-order chi connectivity index (χ0) is 20.1. The van der Waals surface area contributed by atoms with Crippen molar-refractivity contribution >= 4 is 11.9 Å². The first kappa shape index (κ1) is 19.8. The summed E-state index contributed by atoms with van der Waals surface area (Å²) in [5.74, 6) is 0.0270. The third-order valence-electron chi connectivity index (χ3n) is 5.24. The number of aliphatic carboxylic acids is 1. The predicted octanol–water partition coefficient (Wildman–Crippen LogP) is 1.53. The number of nitrogens with zero attached hydrogens (tertiary/aromatic N) is 4. The number of rotatable bonds is 7. The number of methoxy groups -OCH3 is 1. The van der Waals surface area contributed by atoms with Crippen LogP contribution in [0.15, 0.2) is 24.3 Å². The molecule has 1 unspecified atom stereocenters. The highest BCUT2D eigenvalue weighted by Crippen LogP contribution is 2.25. The number of ether oxygens (including phenoxy) is 1. The number of carbonyl (C=O) groups excluding carboxylic acids is 1. The fourth-order valence-electron chi connectivity index (χ4n) is 3.62. The molecule has 0 saturated heterocycles. The second-order valence-electron chi connectivity index (χ2n) is 7.14. The normalized spacial score (nSPS) is 20.4. The van der Waals surface area contributed by atoms with Crippen molar-refractivity contribution in [1.29, 1.82) is 0 Å². The van der Waals surface area contributed by atoms with E-state index in [1.807, 2.05) is 24.3 Å². The fourth-order valence-corrected chi connectivity index (χ4v) is 3.62. The summed E-state index contributed by atoms with van der Waals surface area (Å²) >= 11 is 0. The zero-order valence-corrected chi connectivity index (χ0v) is 16.0. The summed E-state index contributed by atoms with van der Waals surface area (Å²) in [6.45, 7) is 1.75. The van der Waals surface area contributed by atoms with Gasteiger partial charge in [-0.25, -0.2) is 4.68 Å². The van der Waals surface area contributed by atoms with Crippen LogP contribution in [0.25, 0.3) is 0 Å². The van der Waals surface area contributed by atoms with Crippen LogP contribution in [0, 0.1) is 12.8 Å². The zero-order valence-electron chi connectivity index (χ0n) is 16.0. The van der Waals surface area contributed by atoms with Gasteiger partial charge in [0, 0.05) is 12.5 Å². The number of carboxylic acid groups (broad SMARTS) is 1. The Morgan fingerprint density at radius 2 is 2.07 bits per heavy atom. The van der Waals surface area contributed by atoms with E-state index in [0.29, 0.717) is 37.9 Å². The number of hydrogen-bond acceptors (Lipinski definition) is 6. The highest BCUT2D eigenvalue weighted by Gasteiger charge is 2.30. The van der Waals surface area contributed by atoms with Crippen LogP contribution in [-0.4, -0.2) is 50.3 Å². The molecule has 1 aliphatic rings. The molecule has 1 heterocycles. The minimum atomic E-state index is -0.759. The Morgan fingerprint density at radius 1 is 1.32 bits per heavy atom. The van der Waals surface area contributed by atoms with Gasteiger partial charge in [-0.2, -0.15) is 0 Å². The summed E-state index contributed by atoms with van der Waals surface area (Å²) in [5, 5.41) is 23.8.